The van der Waals surface area contributed by atoms with E-state index >= 15 is 0 Å². The maximum absolute atomic E-state index is 12.5. The van der Waals surface area contributed by atoms with E-state index in [9.17, 15) is 9.59 Å². The summed E-state index contributed by atoms with van der Waals surface area (Å²) >= 11 is 0. The Morgan fingerprint density at radius 3 is 1.39 bits per heavy atom. The van der Waals surface area contributed by atoms with Crippen LogP contribution in [-0.2, 0) is 23.8 Å². The normalized spacial score (nSPS) is 12.9. The number of esters is 2. The van der Waals surface area contributed by atoms with E-state index in [1.807, 2.05) is 0 Å². The van der Waals surface area contributed by atoms with Crippen LogP contribution in [0.3, 0.4) is 0 Å². The molecule has 0 N–H and O–H groups in total. The first kappa shape index (κ1) is 51.3. The zero-order valence-electron chi connectivity index (χ0n) is 35.5. The van der Waals surface area contributed by atoms with Crippen LogP contribution < -0.4 is 0 Å². The van der Waals surface area contributed by atoms with Gasteiger partial charge in [0.1, 0.15) is 6.61 Å². The van der Waals surface area contributed by atoms with Gasteiger partial charge in [-0.2, -0.15) is 0 Å². The Labute approximate surface area is 334 Å². The number of unbranched alkanes of at least 4 members (excludes halogenated alkanes) is 17. The molecule has 0 aromatic carbocycles. The molecule has 0 aliphatic carbocycles. The highest BCUT2D eigenvalue weighted by atomic mass is 16.6. The van der Waals surface area contributed by atoms with Crippen molar-refractivity contribution in [2.75, 3.05) is 19.8 Å². The summed E-state index contributed by atoms with van der Waals surface area (Å²) in [5, 5.41) is 0. The number of carbonyl (C=O) groups is 2. The van der Waals surface area contributed by atoms with Crippen LogP contribution in [0.4, 0.5) is 0 Å². The number of ether oxygens (including phenoxy) is 3. The number of carbonyl (C=O) groups excluding carboxylic acids is 2. The second kappa shape index (κ2) is 44.7. The highest BCUT2D eigenvalue weighted by Gasteiger charge is 2.17. The van der Waals surface area contributed by atoms with Crippen molar-refractivity contribution in [2.45, 2.75) is 207 Å². The minimum absolute atomic E-state index is 0.0631. The lowest BCUT2D eigenvalue weighted by Gasteiger charge is -2.18. The van der Waals surface area contributed by atoms with Crippen molar-refractivity contribution in [1.29, 1.82) is 0 Å². The Morgan fingerprint density at radius 2 is 0.833 bits per heavy atom. The number of hydrogen-bond donors (Lipinski definition) is 0. The average Bonchev–Trinajstić information content (AvgIpc) is 3.17. The van der Waals surface area contributed by atoms with Gasteiger partial charge in [0.2, 0.25) is 0 Å². The standard InChI is InChI=1S/C49H84O5/c1-4-7-10-13-15-17-19-21-23-24-25-26-27-28-30-32-34-37-39-42-48(50)53-46-47(54-49(51)43-40-36-12-9-6-3)45-52-44-41-38-35-33-31-29-22-20-18-16-14-11-8-5-2/h7,10,15,17-18,20-21,23,25-26,28,30,47H,4-6,8-9,11-14,16,19,22,24,27,29,31-46H2,1-3H3/b10-7-,17-15-,20-18-,23-21-,26-25-,30-28-. The average molecular weight is 753 g/mol. The summed E-state index contributed by atoms with van der Waals surface area (Å²) in [7, 11) is 0. The lowest BCUT2D eigenvalue weighted by atomic mass is 10.1. The number of allylic oxidation sites excluding steroid dienone is 12. The molecule has 0 aliphatic rings. The highest BCUT2D eigenvalue weighted by Crippen LogP contribution is 2.11. The molecule has 0 saturated heterocycles. The molecule has 5 heteroatoms. The molecule has 1 atom stereocenters. The fourth-order valence-corrected chi connectivity index (χ4v) is 5.88. The molecular weight excluding hydrogens is 669 g/mol. The number of hydrogen-bond acceptors (Lipinski definition) is 5. The van der Waals surface area contributed by atoms with Gasteiger partial charge < -0.3 is 14.2 Å². The Morgan fingerprint density at radius 1 is 0.426 bits per heavy atom. The van der Waals surface area contributed by atoms with Gasteiger partial charge in [0.25, 0.3) is 0 Å². The van der Waals surface area contributed by atoms with Crippen molar-refractivity contribution in [3.8, 4) is 0 Å². The molecule has 1 unspecified atom stereocenters. The third-order valence-corrected chi connectivity index (χ3v) is 9.23. The van der Waals surface area contributed by atoms with E-state index < -0.39 is 6.10 Å². The van der Waals surface area contributed by atoms with E-state index in [-0.39, 0.29) is 25.2 Å². The van der Waals surface area contributed by atoms with E-state index in [4.69, 9.17) is 14.2 Å². The fraction of sp³-hybridized carbons (Fsp3) is 0.714. The van der Waals surface area contributed by atoms with Crippen molar-refractivity contribution in [2.24, 2.45) is 0 Å². The number of rotatable bonds is 40. The topological polar surface area (TPSA) is 61.8 Å². The van der Waals surface area contributed by atoms with Crippen LogP contribution in [0.1, 0.15) is 201 Å². The quantitative estimate of drug-likeness (QED) is 0.0354. The maximum atomic E-state index is 12.5. The largest absolute Gasteiger partial charge is 0.462 e. The Hall–Kier alpha value is -2.66. The van der Waals surface area contributed by atoms with Gasteiger partial charge in [0.05, 0.1) is 6.61 Å². The second-order valence-electron chi connectivity index (χ2n) is 14.6. The maximum Gasteiger partial charge on any atom is 0.306 e. The van der Waals surface area contributed by atoms with Crippen LogP contribution in [0.15, 0.2) is 72.9 Å². The van der Waals surface area contributed by atoms with Gasteiger partial charge in [0.15, 0.2) is 6.10 Å². The van der Waals surface area contributed by atoms with Gasteiger partial charge in [0, 0.05) is 19.4 Å². The zero-order chi connectivity index (χ0) is 39.3. The Balaban J connectivity index is 4.15. The molecule has 54 heavy (non-hydrogen) atoms. The van der Waals surface area contributed by atoms with Crippen molar-refractivity contribution >= 4 is 11.9 Å². The summed E-state index contributed by atoms with van der Waals surface area (Å²) in [5.74, 6) is -0.453. The van der Waals surface area contributed by atoms with Crippen molar-refractivity contribution < 1.29 is 23.8 Å². The molecule has 0 heterocycles. The molecule has 0 radical (unpaired) electrons. The summed E-state index contributed by atoms with van der Waals surface area (Å²) in [4.78, 5) is 25.0. The monoisotopic (exact) mass is 753 g/mol. The molecule has 0 rings (SSSR count). The molecule has 0 fully saturated rings. The molecule has 5 nitrogen and oxygen atoms in total. The first-order chi connectivity index (χ1) is 26.6. The predicted molar refractivity (Wildman–Crippen MR) is 233 cm³/mol. The van der Waals surface area contributed by atoms with Gasteiger partial charge in [-0.1, -0.05) is 171 Å². The summed E-state index contributed by atoms with van der Waals surface area (Å²) in [5.41, 5.74) is 0. The molecule has 0 aromatic rings. The predicted octanol–water partition coefficient (Wildman–Crippen LogP) is 14.8. The fourth-order valence-electron chi connectivity index (χ4n) is 5.88. The smallest absolute Gasteiger partial charge is 0.306 e. The van der Waals surface area contributed by atoms with Crippen LogP contribution in [0.2, 0.25) is 0 Å². The van der Waals surface area contributed by atoms with Gasteiger partial charge in [-0.25, -0.2) is 0 Å². The van der Waals surface area contributed by atoms with E-state index in [0.29, 0.717) is 19.4 Å². The molecule has 0 aliphatic heterocycles. The molecule has 0 saturated carbocycles. The third-order valence-electron chi connectivity index (χ3n) is 9.23. The second-order valence-corrected chi connectivity index (χ2v) is 14.6. The molecule has 0 aromatic heterocycles. The van der Waals surface area contributed by atoms with E-state index in [2.05, 4.69) is 93.7 Å². The van der Waals surface area contributed by atoms with Gasteiger partial charge in [-0.05, 0) is 89.9 Å². The van der Waals surface area contributed by atoms with E-state index in [1.54, 1.807) is 0 Å². The third kappa shape index (κ3) is 42.1. The van der Waals surface area contributed by atoms with Crippen molar-refractivity contribution in [3.05, 3.63) is 72.9 Å². The van der Waals surface area contributed by atoms with E-state index in [0.717, 1.165) is 89.9 Å². The molecule has 0 amide bonds. The van der Waals surface area contributed by atoms with Crippen molar-refractivity contribution in [3.63, 3.8) is 0 Å². The molecule has 310 valence electrons. The van der Waals surface area contributed by atoms with Gasteiger partial charge in [-0.15, -0.1) is 0 Å². The first-order valence-electron chi connectivity index (χ1n) is 22.5. The summed E-state index contributed by atoms with van der Waals surface area (Å²) in [6, 6.07) is 0. The lowest BCUT2D eigenvalue weighted by Crippen LogP contribution is -2.30. The Kier molecular flexibility index (Phi) is 42.5. The lowest BCUT2D eigenvalue weighted by molar-refractivity contribution is -0.163. The molecular formula is C49H84O5. The minimum Gasteiger partial charge on any atom is -0.462 e. The Bertz CT molecular complexity index is 988. The molecule has 0 spiro atoms. The van der Waals surface area contributed by atoms with Crippen LogP contribution in [0, 0.1) is 0 Å². The summed E-state index contributed by atoms with van der Waals surface area (Å²) in [6.07, 6.45) is 56.4. The minimum atomic E-state index is -0.549. The van der Waals surface area contributed by atoms with Gasteiger partial charge in [-0.3, -0.25) is 9.59 Å². The summed E-state index contributed by atoms with van der Waals surface area (Å²) in [6.45, 7) is 7.57. The van der Waals surface area contributed by atoms with Crippen molar-refractivity contribution in [1.82, 2.24) is 0 Å². The van der Waals surface area contributed by atoms with Crippen LogP contribution in [-0.4, -0.2) is 37.9 Å². The molecule has 0 bridgehead atoms. The van der Waals surface area contributed by atoms with Crippen LogP contribution >= 0.6 is 0 Å². The first-order valence-corrected chi connectivity index (χ1v) is 22.5. The zero-order valence-corrected chi connectivity index (χ0v) is 35.5. The van der Waals surface area contributed by atoms with E-state index in [1.165, 1.54) is 77.0 Å². The van der Waals surface area contributed by atoms with Crippen LogP contribution in [0.25, 0.3) is 0 Å². The highest BCUT2D eigenvalue weighted by molar-refractivity contribution is 5.70. The van der Waals surface area contributed by atoms with Crippen LogP contribution in [0.5, 0.6) is 0 Å². The SMILES string of the molecule is CC/C=C\C/C=C\C/C=C\C/C=C\C/C=C\CCCCCC(=O)OCC(COCCCCCCCC/C=C\CCCCCC)OC(=O)CCCCCCC. The summed E-state index contributed by atoms with van der Waals surface area (Å²) < 4.78 is 17.2. The van der Waals surface area contributed by atoms with Gasteiger partial charge >= 0.3 is 11.9 Å².